The van der Waals surface area contributed by atoms with Gasteiger partial charge >= 0.3 is 0 Å². The van der Waals surface area contributed by atoms with Gasteiger partial charge in [-0.25, -0.2) is 9.67 Å². The number of fused-ring (bicyclic) bond motifs is 1. The summed E-state index contributed by atoms with van der Waals surface area (Å²) < 4.78 is 9.00. The van der Waals surface area contributed by atoms with Gasteiger partial charge in [0.05, 0.1) is 31.7 Å². The monoisotopic (exact) mass is 358 g/mol. The minimum atomic E-state index is -0.449. The van der Waals surface area contributed by atoms with Gasteiger partial charge < -0.3 is 21.3 Å². The molecule has 26 heavy (non-hydrogen) atoms. The van der Waals surface area contributed by atoms with E-state index in [1.165, 1.54) is 10.9 Å². The average molecular weight is 358 g/mol. The summed E-state index contributed by atoms with van der Waals surface area (Å²) in [5, 5.41) is 13.4. The number of hydrogen-bond donors (Lipinski definition) is 3. The van der Waals surface area contributed by atoms with E-state index in [9.17, 15) is 9.90 Å². The molecule has 0 radical (unpaired) electrons. The molecule has 4 heterocycles. The molecule has 0 aromatic carbocycles. The first-order valence-corrected chi connectivity index (χ1v) is 8.13. The maximum Gasteiger partial charge on any atom is 0.254 e. The predicted molar refractivity (Wildman–Crippen MR) is 90.0 cm³/mol. The molecule has 5 N–H and O–H groups in total. The van der Waals surface area contributed by atoms with Gasteiger partial charge in [0.15, 0.2) is 11.5 Å². The summed E-state index contributed by atoms with van der Waals surface area (Å²) in [5.41, 5.74) is 12.9. The molecule has 0 saturated carbocycles. The largest absolute Gasteiger partial charge is 0.394 e. The molecule has 2 atom stereocenters. The Hall–Kier alpha value is -3.05. The van der Waals surface area contributed by atoms with Crippen LogP contribution in [0, 0.1) is 0 Å². The van der Waals surface area contributed by atoms with E-state index in [1.54, 1.807) is 17.1 Å². The van der Waals surface area contributed by atoms with E-state index >= 15 is 0 Å². The van der Waals surface area contributed by atoms with E-state index in [-0.39, 0.29) is 37.1 Å². The lowest BCUT2D eigenvalue weighted by molar-refractivity contribution is -0.117. The number of aliphatic hydroxyl groups is 1. The summed E-state index contributed by atoms with van der Waals surface area (Å²) in [5.74, 6) is 0.0203. The Balaban J connectivity index is 1.72. The molecular formula is C15H18N8O3. The molecule has 1 amide bonds. The lowest BCUT2D eigenvalue weighted by Gasteiger charge is -2.14. The van der Waals surface area contributed by atoms with Gasteiger partial charge in [-0.1, -0.05) is 0 Å². The summed E-state index contributed by atoms with van der Waals surface area (Å²) in [6.07, 6.45) is 5.85. The predicted octanol–water partition coefficient (Wildman–Crippen LogP) is -0.708. The molecule has 0 spiro atoms. The standard InChI is InChI=1S/C15H18N8O3/c16-10(25)3-8-4-19-23(5-8)15-20-13(17)12-14(21-15)22(7-18-12)11-2-1-9(6-24)26-11/h4-5,7,9,11,24H,1-3,6H2,(H2,16,25)(H2,17,20,21)/t9-,11-/m1/s1. The fraction of sp³-hybridized carbons (Fsp3) is 0.400. The number of nitrogens with zero attached hydrogens (tertiary/aromatic N) is 6. The first kappa shape index (κ1) is 16.4. The van der Waals surface area contributed by atoms with Crippen molar-refractivity contribution >= 4 is 22.9 Å². The highest BCUT2D eigenvalue weighted by molar-refractivity contribution is 5.82. The molecule has 3 aromatic heterocycles. The summed E-state index contributed by atoms with van der Waals surface area (Å²) in [6.45, 7) is -0.0264. The number of nitrogen functional groups attached to an aromatic ring is 1. The van der Waals surface area contributed by atoms with E-state index < -0.39 is 5.91 Å². The number of rotatable bonds is 5. The van der Waals surface area contributed by atoms with Crippen LogP contribution in [0.3, 0.4) is 0 Å². The Morgan fingerprint density at radius 3 is 2.96 bits per heavy atom. The van der Waals surface area contributed by atoms with Crippen LogP contribution in [0.5, 0.6) is 0 Å². The molecule has 0 bridgehead atoms. The van der Waals surface area contributed by atoms with Crippen molar-refractivity contribution in [3.8, 4) is 5.95 Å². The molecule has 0 aliphatic carbocycles. The fourth-order valence-corrected chi connectivity index (χ4v) is 3.03. The summed E-state index contributed by atoms with van der Waals surface area (Å²) >= 11 is 0. The zero-order chi connectivity index (χ0) is 18.3. The lowest BCUT2D eigenvalue weighted by Crippen LogP contribution is -2.15. The molecule has 4 rings (SSSR count). The molecule has 1 aliphatic rings. The van der Waals surface area contributed by atoms with Crippen LogP contribution < -0.4 is 11.5 Å². The van der Waals surface area contributed by atoms with Crippen molar-refractivity contribution in [3.05, 3.63) is 24.3 Å². The fourth-order valence-electron chi connectivity index (χ4n) is 3.03. The van der Waals surface area contributed by atoms with E-state index in [2.05, 4.69) is 20.1 Å². The topological polar surface area (TPSA) is 160 Å². The number of nitrogens with two attached hydrogens (primary N) is 2. The normalized spacial score (nSPS) is 20.0. The highest BCUT2D eigenvalue weighted by Crippen LogP contribution is 2.31. The number of amides is 1. The third-order valence-electron chi connectivity index (χ3n) is 4.25. The number of primary amides is 1. The highest BCUT2D eigenvalue weighted by Gasteiger charge is 2.28. The van der Waals surface area contributed by atoms with Gasteiger partial charge in [0.1, 0.15) is 11.7 Å². The number of carbonyl (C=O) groups excluding carboxylic acids is 1. The van der Waals surface area contributed by atoms with Crippen LogP contribution >= 0.6 is 0 Å². The van der Waals surface area contributed by atoms with Crippen LogP contribution in [0.1, 0.15) is 24.6 Å². The maximum absolute atomic E-state index is 11.0. The molecule has 1 aliphatic heterocycles. The van der Waals surface area contributed by atoms with Crippen LogP contribution in [0.25, 0.3) is 17.1 Å². The van der Waals surface area contributed by atoms with Gasteiger partial charge in [0, 0.05) is 6.20 Å². The number of ether oxygens (including phenoxy) is 1. The van der Waals surface area contributed by atoms with Crippen molar-refractivity contribution < 1.29 is 14.6 Å². The number of imidazole rings is 1. The average Bonchev–Trinajstić information content (AvgIpc) is 3.32. The molecule has 3 aromatic rings. The second-order valence-electron chi connectivity index (χ2n) is 6.14. The van der Waals surface area contributed by atoms with Crippen LogP contribution in [0.15, 0.2) is 18.7 Å². The summed E-state index contributed by atoms with van der Waals surface area (Å²) in [4.78, 5) is 24.0. The first-order chi connectivity index (χ1) is 12.5. The second-order valence-corrected chi connectivity index (χ2v) is 6.14. The van der Waals surface area contributed by atoms with Crippen molar-refractivity contribution in [1.29, 1.82) is 0 Å². The maximum atomic E-state index is 11.0. The first-order valence-electron chi connectivity index (χ1n) is 8.13. The summed E-state index contributed by atoms with van der Waals surface area (Å²) in [6, 6.07) is 0. The van der Waals surface area contributed by atoms with Crippen molar-refractivity contribution in [1.82, 2.24) is 29.3 Å². The third-order valence-corrected chi connectivity index (χ3v) is 4.25. The van der Waals surface area contributed by atoms with Crippen LogP contribution in [0.2, 0.25) is 0 Å². The zero-order valence-corrected chi connectivity index (χ0v) is 13.8. The Bertz CT molecular complexity index is 965. The van der Waals surface area contributed by atoms with Crippen molar-refractivity contribution in [2.24, 2.45) is 5.73 Å². The Kier molecular flexibility index (Phi) is 4.01. The van der Waals surface area contributed by atoms with Gasteiger partial charge in [-0.05, 0) is 18.4 Å². The SMILES string of the molecule is NC(=O)Cc1cnn(-c2nc(N)c3ncn([C@H]4CC[C@H](CO)O4)c3n2)c1. The van der Waals surface area contributed by atoms with Crippen molar-refractivity contribution in [2.45, 2.75) is 31.6 Å². The number of hydrogen-bond acceptors (Lipinski definition) is 8. The second kappa shape index (κ2) is 6.35. The van der Waals surface area contributed by atoms with E-state index in [1.807, 2.05) is 0 Å². The number of carbonyl (C=O) groups is 1. The lowest BCUT2D eigenvalue weighted by atomic mass is 10.2. The van der Waals surface area contributed by atoms with Crippen LogP contribution in [-0.4, -0.2) is 53.0 Å². The number of anilines is 1. The Morgan fingerprint density at radius 1 is 1.38 bits per heavy atom. The third kappa shape index (κ3) is 2.86. The molecule has 11 heteroatoms. The van der Waals surface area contributed by atoms with E-state index in [0.29, 0.717) is 16.7 Å². The van der Waals surface area contributed by atoms with Crippen molar-refractivity contribution in [3.63, 3.8) is 0 Å². The Labute approximate surface area is 147 Å². The van der Waals surface area contributed by atoms with E-state index in [0.717, 1.165) is 12.8 Å². The van der Waals surface area contributed by atoms with Crippen molar-refractivity contribution in [2.75, 3.05) is 12.3 Å². The van der Waals surface area contributed by atoms with Crippen LogP contribution in [-0.2, 0) is 16.0 Å². The quantitative estimate of drug-likeness (QED) is 0.539. The number of aromatic nitrogens is 6. The number of aliphatic hydroxyl groups excluding tert-OH is 1. The van der Waals surface area contributed by atoms with Crippen LogP contribution in [0.4, 0.5) is 5.82 Å². The molecular weight excluding hydrogens is 340 g/mol. The Morgan fingerprint density at radius 2 is 2.23 bits per heavy atom. The molecule has 1 saturated heterocycles. The van der Waals surface area contributed by atoms with E-state index in [4.69, 9.17) is 16.2 Å². The molecule has 1 fully saturated rings. The zero-order valence-electron chi connectivity index (χ0n) is 13.8. The van der Waals surface area contributed by atoms with Gasteiger partial charge in [-0.3, -0.25) is 9.36 Å². The van der Waals surface area contributed by atoms with Gasteiger partial charge in [-0.15, -0.1) is 0 Å². The minimum absolute atomic E-state index is 0.0264. The summed E-state index contributed by atoms with van der Waals surface area (Å²) in [7, 11) is 0. The molecule has 11 nitrogen and oxygen atoms in total. The molecule has 0 unspecified atom stereocenters. The van der Waals surface area contributed by atoms with Gasteiger partial charge in [-0.2, -0.15) is 15.1 Å². The van der Waals surface area contributed by atoms with Gasteiger partial charge in [0.25, 0.3) is 5.95 Å². The smallest absolute Gasteiger partial charge is 0.254 e. The highest BCUT2D eigenvalue weighted by atomic mass is 16.5. The molecule has 136 valence electrons. The minimum Gasteiger partial charge on any atom is -0.394 e. The van der Waals surface area contributed by atoms with Gasteiger partial charge in [0.2, 0.25) is 5.91 Å².